The lowest BCUT2D eigenvalue weighted by atomic mass is 9.95. The summed E-state index contributed by atoms with van der Waals surface area (Å²) in [7, 11) is 0. The molecule has 0 radical (unpaired) electrons. The molecule has 0 atom stereocenters. The van der Waals surface area contributed by atoms with E-state index in [1.807, 2.05) is 0 Å². The van der Waals surface area contributed by atoms with E-state index in [1.165, 1.54) is 6.07 Å². The number of hydrogen-bond donors (Lipinski definition) is 1. The van der Waals surface area contributed by atoms with Crippen molar-refractivity contribution in [1.82, 2.24) is 5.32 Å². The van der Waals surface area contributed by atoms with Gasteiger partial charge in [-0.2, -0.15) is 0 Å². The van der Waals surface area contributed by atoms with Crippen LogP contribution in [0, 0.1) is 11.2 Å². The molecule has 0 spiro atoms. The molecule has 0 heterocycles. The third-order valence-corrected chi connectivity index (χ3v) is 2.86. The van der Waals surface area contributed by atoms with Gasteiger partial charge in [-0.15, -0.1) is 0 Å². The second-order valence-electron chi connectivity index (χ2n) is 5.18. The van der Waals surface area contributed by atoms with E-state index in [4.69, 9.17) is 16.3 Å². The van der Waals surface area contributed by atoms with Crippen LogP contribution in [-0.4, -0.2) is 19.7 Å². The van der Waals surface area contributed by atoms with E-state index in [0.29, 0.717) is 6.61 Å². The molecule has 0 aliphatic rings. The monoisotopic (exact) mass is 273 g/mol. The largest absolute Gasteiger partial charge is 0.490 e. The molecule has 102 valence electrons. The standard InChI is InChI=1S/C14H21ClFNO/c1-4-8-17-9-14(2,3)10-18-12-7-5-6-11(15)13(12)16/h5-7,17H,4,8-10H2,1-3H3. The van der Waals surface area contributed by atoms with E-state index in [9.17, 15) is 4.39 Å². The Morgan fingerprint density at radius 2 is 2.11 bits per heavy atom. The summed E-state index contributed by atoms with van der Waals surface area (Å²) in [6.45, 7) is 8.55. The van der Waals surface area contributed by atoms with E-state index in [2.05, 4.69) is 26.1 Å². The Morgan fingerprint density at radius 1 is 1.39 bits per heavy atom. The highest BCUT2D eigenvalue weighted by Gasteiger charge is 2.19. The number of benzene rings is 1. The van der Waals surface area contributed by atoms with E-state index in [0.717, 1.165) is 19.5 Å². The highest BCUT2D eigenvalue weighted by atomic mass is 35.5. The molecule has 0 saturated heterocycles. The van der Waals surface area contributed by atoms with Crippen molar-refractivity contribution < 1.29 is 9.13 Å². The van der Waals surface area contributed by atoms with Crippen LogP contribution in [0.1, 0.15) is 27.2 Å². The zero-order chi connectivity index (χ0) is 13.6. The maximum absolute atomic E-state index is 13.6. The Bertz CT molecular complexity index is 382. The molecular weight excluding hydrogens is 253 g/mol. The minimum absolute atomic E-state index is 0.0517. The SMILES string of the molecule is CCCNCC(C)(C)COc1cccc(Cl)c1F. The van der Waals surface area contributed by atoms with Gasteiger partial charge in [0.15, 0.2) is 11.6 Å². The fraction of sp³-hybridized carbons (Fsp3) is 0.571. The Kier molecular flexibility index (Phi) is 5.89. The Hall–Kier alpha value is -0.800. The second-order valence-corrected chi connectivity index (χ2v) is 5.59. The third-order valence-electron chi connectivity index (χ3n) is 2.56. The molecule has 2 nitrogen and oxygen atoms in total. The topological polar surface area (TPSA) is 21.3 Å². The second kappa shape index (κ2) is 6.95. The van der Waals surface area contributed by atoms with Crippen molar-refractivity contribution in [2.45, 2.75) is 27.2 Å². The van der Waals surface area contributed by atoms with E-state index in [-0.39, 0.29) is 16.2 Å². The molecule has 0 unspecified atom stereocenters. The Balaban J connectivity index is 2.50. The van der Waals surface area contributed by atoms with Crippen molar-refractivity contribution in [3.63, 3.8) is 0 Å². The summed E-state index contributed by atoms with van der Waals surface area (Å²) in [5.74, 6) is -0.275. The summed E-state index contributed by atoms with van der Waals surface area (Å²) in [6, 6.07) is 4.79. The zero-order valence-corrected chi connectivity index (χ0v) is 12.0. The Labute approximate surface area is 113 Å². The van der Waals surface area contributed by atoms with Crippen molar-refractivity contribution in [2.75, 3.05) is 19.7 Å². The van der Waals surface area contributed by atoms with Crippen LogP contribution >= 0.6 is 11.6 Å². The highest BCUT2D eigenvalue weighted by molar-refractivity contribution is 6.30. The minimum atomic E-state index is -0.489. The van der Waals surface area contributed by atoms with Crippen LogP contribution < -0.4 is 10.1 Å². The summed E-state index contributed by atoms with van der Waals surface area (Å²) in [5, 5.41) is 3.43. The number of rotatable bonds is 7. The highest BCUT2D eigenvalue weighted by Crippen LogP contribution is 2.25. The van der Waals surface area contributed by atoms with Crippen LogP contribution in [0.15, 0.2) is 18.2 Å². The predicted octanol–water partition coefficient (Wildman–Crippen LogP) is 3.88. The molecule has 0 bridgehead atoms. The normalized spacial score (nSPS) is 11.6. The van der Waals surface area contributed by atoms with E-state index >= 15 is 0 Å². The van der Waals surface area contributed by atoms with Gasteiger partial charge in [-0.3, -0.25) is 0 Å². The van der Waals surface area contributed by atoms with Crippen molar-refractivity contribution in [2.24, 2.45) is 5.41 Å². The fourth-order valence-corrected chi connectivity index (χ4v) is 1.69. The lowest BCUT2D eigenvalue weighted by Crippen LogP contribution is -2.34. The molecule has 1 aromatic carbocycles. The van der Waals surface area contributed by atoms with Crippen LogP contribution in [0.4, 0.5) is 4.39 Å². The number of ether oxygens (including phenoxy) is 1. The average molecular weight is 274 g/mol. The van der Waals surface area contributed by atoms with Gasteiger partial charge in [-0.05, 0) is 25.1 Å². The molecule has 0 aromatic heterocycles. The number of hydrogen-bond acceptors (Lipinski definition) is 2. The van der Waals surface area contributed by atoms with Crippen molar-refractivity contribution in [3.8, 4) is 5.75 Å². The first-order valence-electron chi connectivity index (χ1n) is 6.24. The lowest BCUT2D eigenvalue weighted by Gasteiger charge is -2.25. The van der Waals surface area contributed by atoms with Crippen LogP contribution in [0.2, 0.25) is 5.02 Å². The van der Waals surface area contributed by atoms with Gasteiger partial charge in [-0.25, -0.2) is 4.39 Å². The average Bonchev–Trinajstić information content (AvgIpc) is 2.31. The van der Waals surface area contributed by atoms with Gasteiger partial charge >= 0.3 is 0 Å². The minimum Gasteiger partial charge on any atom is -0.490 e. The fourth-order valence-electron chi connectivity index (χ4n) is 1.52. The first-order chi connectivity index (χ1) is 8.46. The molecule has 0 amide bonds. The number of halogens is 2. The van der Waals surface area contributed by atoms with Crippen LogP contribution in [0.25, 0.3) is 0 Å². The van der Waals surface area contributed by atoms with Gasteiger partial charge in [0, 0.05) is 12.0 Å². The molecule has 0 aliphatic heterocycles. The zero-order valence-electron chi connectivity index (χ0n) is 11.2. The number of nitrogens with one attached hydrogen (secondary N) is 1. The van der Waals surface area contributed by atoms with E-state index in [1.54, 1.807) is 12.1 Å². The predicted molar refractivity (Wildman–Crippen MR) is 73.8 cm³/mol. The smallest absolute Gasteiger partial charge is 0.183 e. The molecule has 1 aromatic rings. The molecular formula is C14H21ClFNO. The van der Waals surface area contributed by atoms with E-state index < -0.39 is 5.82 Å². The summed E-state index contributed by atoms with van der Waals surface area (Å²) in [5.41, 5.74) is -0.0517. The molecule has 0 saturated carbocycles. The van der Waals surface area contributed by atoms with Gasteiger partial charge in [0.05, 0.1) is 11.6 Å². The van der Waals surface area contributed by atoms with Gasteiger partial charge in [0.1, 0.15) is 0 Å². The first-order valence-corrected chi connectivity index (χ1v) is 6.61. The molecule has 4 heteroatoms. The van der Waals surface area contributed by atoms with Crippen LogP contribution in [-0.2, 0) is 0 Å². The molecule has 0 aliphatic carbocycles. The molecule has 1 rings (SSSR count). The van der Waals surface area contributed by atoms with Crippen molar-refractivity contribution in [3.05, 3.63) is 29.0 Å². The maximum atomic E-state index is 13.6. The lowest BCUT2D eigenvalue weighted by molar-refractivity contribution is 0.171. The van der Waals surface area contributed by atoms with Gasteiger partial charge < -0.3 is 10.1 Å². The quantitative estimate of drug-likeness (QED) is 0.761. The third kappa shape index (κ3) is 4.83. The summed E-state index contributed by atoms with van der Waals surface area (Å²) in [6.07, 6.45) is 1.10. The molecule has 1 N–H and O–H groups in total. The maximum Gasteiger partial charge on any atom is 0.183 e. The van der Waals surface area contributed by atoms with Crippen LogP contribution in [0.5, 0.6) is 5.75 Å². The van der Waals surface area contributed by atoms with Crippen molar-refractivity contribution >= 4 is 11.6 Å². The summed E-state index contributed by atoms with van der Waals surface area (Å²) < 4.78 is 19.1. The Morgan fingerprint density at radius 3 is 2.78 bits per heavy atom. The summed E-state index contributed by atoms with van der Waals surface area (Å²) in [4.78, 5) is 0. The van der Waals surface area contributed by atoms with Gasteiger partial charge in [0.2, 0.25) is 0 Å². The molecule has 0 fully saturated rings. The van der Waals surface area contributed by atoms with Gasteiger partial charge in [0.25, 0.3) is 0 Å². The van der Waals surface area contributed by atoms with Crippen LogP contribution in [0.3, 0.4) is 0 Å². The summed E-state index contributed by atoms with van der Waals surface area (Å²) >= 11 is 5.70. The first kappa shape index (κ1) is 15.3. The van der Waals surface area contributed by atoms with Gasteiger partial charge in [-0.1, -0.05) is 38.4 Å². The van der Waals surface area contributed by atoms with Crippen molar-refractivity contribution in [1.29, 1.82) is 0 Å². The molecule has 18 heavy (non-hydrogen) atoms.